The molecule has 2 nitrogen and oxygen atoms in total. The van der Waals surface area contributed by atoms with Crippen LogP contribution in [0.15, 0.2) is 23.3 Å². The van der Waals surface area contributed by atoms with Gasteiger partial charge in [-0.05, 0) is 61.5 Å². The zero-order valence-corrected chi connectivity index (χ0v) is 12.7. The van der Waals surface area contributed by atoms with Crippen molar-refractivity contribution in [2.75, 3.05) is 0 Å². The lowest BCUT2D eigenvalue weighted by Crippen LogP contribution is -2.46. The summed E-state index contributed by atoms with van der Waals surface area (Å²) in [6.45, 7) is 0. The molecule has 2 unspecified atom stereocenters. The molecule has 0 aromatic heterocycles. The van der Waals surface area contributed by atoms with Gasteiger partial charge in [-0.15, -0.1) is 0 Å². The van der Waals surface area contributed by atoms with Gasteiger partial charge in [-0.3, -0.25) is 0 Å². The molecule has 2 atom stereocenters. The largest absolute Gasteiger partial charge is 0.326 e. The smallest absolute Gasteiger partial charge is 0.0448 e. The molecule has 2 heteroatoms. The topological polar surface area (TPSA) is 52.0 Å². The molecular weight excluding hydrogens is 244 g/mol. The third-order valence-electron chi connectivity index (χ3n) is 5.59. The summed E-state index contributed by atoms with van der Waals surface area (Å²) in [5.74, 6) is 1.56. The van der Waals surface area contributed by atoms with Gasteiger partial charge in [0.1, 0.15) is 0 Å². The number of rotatable bonds is 2. The van der Waals surface area contributed by atoms with Crippen LogP contribution in [0, 0.1) is 11.8 Å². The van der Waals surface area contributed by atoms with Gasteiger partial charge in [-0.2, -0.15) is 0 Å². The highest BCUT2D eigenvalue weighted by atomic mass is 14.8. The predicted molar refractivity (Wildman–Crippen MR) is 85.3 cm³/mol. The zero-order valence-electron chi connectivity index (χ0n) is 12.7. The summed E-state index contributed by atoms with van der Waals surface area (Å²) in [6.07, 6.45) is 18.3. The lowest BCUT2D eigenvalue weighted by Gasteiger charge is -2.32. The van der Waals surface area contributed by atoms with E-state index in [0.29, 0.717) is 0 Å². The van der Waals surface area contributed by atoms with Crippen LogP contribution in [0.2, 0.25) is 0 Å². The second-order valence-electron chi connectivity index (χ2n) is 7.13. The van der Waals surface area contributed by atoms with Crippen molar-refractivity contribution >= 4 is 0 Å². The van der Waals surface area contributed by atoms with Crippen molar-refractivity contribution in [3.63, 3.8) is 0 Å². The Morgan fingerprint density at radius 1 is 0.750 bits per heavy atom. The van der Waals surface area contributed by atoms with Gasteiger partial charge in [-0.1, -0.05) is 37.8 Å². The van der Waals surface area contributed by atoms with E-state index in [9.17, 15) is 0 Å². The van der Waals surface area contributed by atoms with Gasteiger partial charge in [0.2, 0.25) is 0 Å². The summed E-state index contributed by atoms with van der Waals surface area (Å²) in [5, 5.41) is 0. The van der Waals surface area contributed by atoms with Crippen molar-refractivity contribution in [2.45, 2.75) is 76.3 Å². The van der Waals surface area contributed by atoms with Crippen LogP contribution in [-0.4, -0.2) is 12.1 Å². The zero-order chi connectivity index (χ0) is 13.9. The molecule has 0 spiro atoms. The second-order valence-corrected chi connectivity index (χ2v) is 7.13. The average molecular weight is 274 g/mol. The number of hydrogen-bond donors (Lipinski definition) is 2. The van der Waals surface area contributed by atoms with Crippen molar-refractivity contribution in [3.8, 4) is 0 Å². The van der Waals surface area contributed by atoms with E-state index in [1.54, 1.807) is 0 Å². The maximum atomic E-state index is 6.43. The molecule has 0 bridgehead atoms. The first-order valence-corrected chi connectivity index (χ1v) is 8.68. The van der Waals surface area contributed by atoms with E-state index in [1.807, 2.05) is 0 Å². The van der Waals surface area contributed by atoms with Crippen molar-refractivity contribution in [2.24, 2.45) is 23.3 Å². The number of nitrogens with two attached hydrogens (primary N) is 2. The van der Waals surface area contributed by atoms with E-state index in [-0.39, 0.29) is 12.1 Å². The first-order valence-electron chi connectivity index (χ1n) is 8.68. The van der Waals surface area contributed by atoms with Crippen LogP contribution in [0.4, 0.5) is 0 Å². The molecule has 0 aromatic carbocycles. The molecule has 4 N–H and O–H groups in total. The fourth-order valence-electron chi connectivity index (χ4n) is 4.28. The van der Waals surface area contributed by atoms with Crippen LogP contribution in [-0.2, 0) is 0 Å². The van der Waals surface area contributed by atoms with Crippen LogP contribution < -0.4 is 11.5 Å². The van der Waals surface area contributed by atoms with Crippen molar-refractivity contribution in [1.82, 2.24) is 0 Å². The molecule has 0 radical (unpaired) electrons. The number of hydrogen-bond acceptors (Lipinski definition) is 2. The molecule has 0 heterocycles. The molecule has 3 fully saturated rings. The van der Waals surface area contributed by atoms with E-state index < -0.39 is 0 Å². The Morgan fingerprint density at radius 3 is 1.90 bits per heavy atom. The molecule has 112 valence electrons. The van der Waals surface area contributed by atoms with Crippen LogP contribution in [0.25, 0.3) is 0 Å². The minimum atomic E-state index is 0.0667. The Morgan fingerprint density at radius 2 is 1.30 bits per heavy atom. The molecule has 3 saturated carbocycles. The normalized spacial score (nSPS) is 37.3. The van der Waals surface area contributed by atoms with Gasteiger partial charge in [0.25, 0.3) is 0 Å². The van der Waals surface area contributed by atoms with E-state index in [2.05, 4.69) is 12.2 Å². The average Bonchev–Trinajstić information content (AvgIpc) is 3.11. The quantitative estimate of drug-likeness (QED) is 0.807. The van der Waals surface area contributed by atoms with Crippen LogP contribution in [0.3, 0.4) is 0 Å². The summed E-state index contributed by atoms with van der Waals surface area (Å²) in [5.41, 5.74) is 15.6. The maximum absolute atomic E-state index is 6.43. The van der Waals surface area contributed by atoms with E-state index in [4.69, 9.17) is 11.5 Å². The van der Waals surface area contributed by atoms with Gasteiger partial charge >= 0.3 is 0 Å². The van der Waals surface area contributed by atoms with E-state index >= 15 is 0 Å². The third-order valence-corrected chi connectivity index (χ3v) is 5.59. The van der Waals surface area contributed by atoms with E-state index in [1.165, 1.54) is 62.5 Å². The van der Waals surface area contributed by atoms with Gasteiger partial charge in [0.05, 0.1) is 0 Å². The summed E-state index contributed by atoms with van der Waals surface area (Å²) < 4.78 is 0. The summed E-state index contributed by atoms with van der Waals surface area (Å²) >= 11 is 0. The molecule has 0 amide bonds. The standard InChI is InChI=1S/C18H30N2/c19-17-10-9-15(11-13-5-1-2-6-13)16(18(17)20)12-14-7-3-4-8-14/h11-14,17-18H,1-10,19-20H2/b15-11-,16-12-. The Labute approximate surface area is 123 Å². The third kappa shape index (κ3) is 3.17. The van der Waals surface area contributed by atoms with Gasteiger partial charge < -0.3 is 11.5 Å². The summed E-state index contributed by atoms with van der Waals surface area (Å²) in [6, 6.07) is 0.223. The van der Waals surface area contributed by atoms with Crippen molar-refractivity contribution < 1.29 is 0 Å². The van der Waals surface area contributed by atoms with E-state index in [0.717, 1.165) is 24.7 Å². The molecule has 3 aliphatic rings. The maximum Gasteiger partial charge on any atom is 0.0448 e. The number of allylic oxidation sites excluding steroid dienone is 2. The highest BCUT2D eigenvalue weighted by Gasteiger charge is 2.28. The molecule has 0 saturated heterocycles. The molecule has 0 aromatic rings. The molecular formula is C18H30N2. The Kier molecular flexibility index (Phi) is 4.62. The molecule has 3 aliphatic carbocycles. The predicted octanol–water partition coefficient (Wildman–Crippen LogP) is 3.67. The van der Waals surface area contributed by atoms with Crippen LogP contribution >= 0.6 is 0 Å². The minimum absolute atomic E-state index is 0.0667. The first-order chi connectivity index (χ1) is 9.74. The fraction of sp³-hybridized carbons (Fsp3) is 0.778. The fourth-order valence-corrected chi connectivity index (χ4v) is 4.28. The molecule has 3 rings (SSSR count). The van der Waals surface area contributed by atoms with Crippen LogP contribution in [0.1, 0.15) is 64.2 Å². The van der Waals surface area contributed by atoms with Crippen LogP contribution in [0.5, 0.6) is 0 Å². The minimum Gasteiger partial charge on any atom is -0.326 e. The van der Waals surface area contributed by atoms with Gasteiger partial charge in [-0.25, -0.2) is 0 Å². The summed E-state index contributed by atoms with van der Waals surface area (Å²) in [4.78, 5) is 0. The van der Waals surface area contributed by atoms with Crippen molar-refractivity contribution in [3.05, 3.63) is 23.3 Å². The molecule has 0 aliphatic heterocycles. The first kappa shape index (κ1) is 14.3. The SMILES string of the molecule is NC1CCC(=C/C2CCCC2)/C(=C/C2CCCC2)C1N. The second kappa shape index (κ2) is 6.44. The lowest BCUT2D eigenvalue weighted by atomic mass is 9.79. The Hall–Kier alpha value is -0.600. The highest BCUT2D eigenvalue weighted by Crippen LogP contribution is 2.36. The Balaban J connectivity index is 1.81. The van der Waals surface area contributed by atoms with Gasteiger partial charge in [0, 0.05) is 12.1 Å². The molecule has 20 heavy (non-hydrogen) atoms. The Bertz CT molecular complexity index is 384. The summed E-state index contributed by atoms with van der Waals surface area (Å²) in [7, 11) is 0. The monoisotopic (exact) mass is 274 g/mol. The van der Waals surface area contributed by atoms with Crippen molar-refractivity contribution in [1.29, 1.82) is 0 Å². The lowest BCUT2D eigenvalue weighted by molar-refractivity contribution is 0.497. The highest BCUT2D eigenvalue weighted by molar-refractivity contribution is 5.40. The van der Waals surface area contributed by atoms with Gasteiger partial charge in [0.15, 0.2) is 0 Å².